The molecule has 0 fully saturated rings. The Morgan fingerprint density at radius 1 is 1.00 bits per heavy atom. The van der Waals surface area contributed by atoms with Crippen LogP contribution in [0.1, 0.15) is 31.7 Å². The van der Waals surface area contributed by atoms with Crippen LogP contribution in [0.2, 0.25) is 0 Å². The number of hydrogen-bond acceptors (Lipinski definition) is 5. The van der Waals surface area contributed by atoms with Crippen molar-refractivity contribution in [3.05, 3.63) is 78.0 Å². The van der Waals surface area contributed by atoms with Crippen LogP contribution in [0, 0.1) is 0 Å². The van der Waals surface area contributed by atoms with Crippen LogP contribution in [0.15, 0.2) is 77.3 Å². The molecule has 0 radical (unpaired) electrons. The number of hydrogen-bond donors (Lipinski definition) is 0. The Balaban J connectivity index is 2.13. The minimum atomic E-state index is -4.01. The Hall–Kier alpha value is -2.64. The quantitative estimate of drug-likeness (QED) is 0.645. The van der Waals surface area contributed by atoms with Crippen molar-refractivity contribution in [3.63, 3.8) is 0 Å². The molecule has 0 aliphatic carbocycles. The summed E-state index contributed by atoms with van der Waals surface area (Å²) in [6.45, 7) is 3.94. The van der Waals surface area contributed by atoms with Crippen LogP contribution in [-0.2, 0) is 24.3 Å². The molecule has 1 heterocycles. The first-order valence-corrected chi connectivity index (χ1v) is 11.1. The first-order chi connectivity index (χ1) is 14.0. The molecule has 2 aromatic carbocycles. The maximum Gasteiger partial charge on any atom is 0.355 e. The molecule has 1 aliphatic heterocycles. The van der Waals surface area contributed by atoms with Crippen molar-refractivity contribution in [2.45, 2.75) is 37.3 Å². The van der Waals surface area contributed by atoms with Gasteiger partial charge in [0.25, 0.3) is 10.0 Å². The molecule has 0 saturated heterocycles. The van der Waals surface area contributed by atoms with Crippen molar-refractivity contribution in [2.75, 3.05) is 13.2 Å². The molecule has 2 atom stereocenters. The summed E-state index contributed by atoms with van der Waals surface area (Å²) in [6, 6.07) is 17.7. The predicted octanol–water partition coefficient (Wildman–Crippen LogP) is 3.67. The van der Waals surface area contributed by atoms with Crippen LogP contribution in [0.3, 0.4) is 0 Å². The molecule has 29 heavy (non-hydrogen) atoms. The Labute approximate surface area is 171 Å². The summed E-state index contributed by atoms with van der Waals surface area (Å²) in [5.41, 5.74) is 0.963. The Kier molecular flexibility index (Phi) is 6.71. The summed E-state index contributed by atoms with van der Waals surface area (Å²) < 4.78 is 38.9. The zero-order chi connectivity index (χ0) is 20.9. The first-order valence-electron chi connectivity index (χ1n) is 9.64. The highest BCUT2D eigenvalue weighted by atomic mass is 32.2. The third-order valence-electron chi connectivity index (χ3n) is 4.68. The number of nitrogens with zero attached hydrogens (tertiary/aromatic N) is 1. The maximum atomic E-state index is 13.4. The summed E-state index contributed by atoms with van der Waals surface area (Å²) >= 11 is 0. The number of rotatable bonds is 7. The van der Waals surface area contributed by atoms with Gasteiger partial charge in [0.05, 0.1) is 11.5 Å². The van der Waals surface area contributed by atoms with E-state index in [9.17, 15) is 13.2 Å². The zero-order valence-electron chi connectivity index (χ0n) is 16.5. The molecule has 0 saturated carbocycles. The highest BCUT2D eigenvalue weighted by Crippen LogP contribution is 2.37. The standard InChI is InChI=1S/C22H25NO5S/c1-3-27-21-16-18(17-11-7-5-8-12-17)15-20(22(24)28-4-2)23(21)29(25,26)19-13-9-6-10-14-19/h5-15,18,21H,3-4,16H2,1-2H3. The van der Waals surface area contributed by atoms with Crippen LogP contribution in [0.4, 0.5) is 0 Å². The summed E-state index contributed by atoms with van der Waals surface area (Å²) in [5, 5.41) is 0. The fraction of sp³-hybridized carbons (Fsp3) is 0.318. The molecule has 0 aromatic heterocycles. The van der Waals surface area contributed by atoms with E-state index in [0.717, 1.165) is 9.87 Å². The van der Waals surface area contributed by atoms with Crippen LogP contribution in [0.25, 0.3) is 0 Å². The number of esters is 1. The summed E-state index contributed by atoms with van der Waals surface area (Å²) in [7, 11) is -4.01. The number of allylic oxidation sites excluding steroid dienone is 1. The van der Waals surface area contributed by atoms with Gasteiger partial charge in [-0.25, -0.2) is 17.5 Å². The molecule has 1 aliphatic rings. The van der Waals surface area contributed by atoms with E-state index < -0.39 is 22.2 Å². The van der Waals surface area contributed by atoms with E-state index in [1.807, 2.05) is 30.3 Å². The van der Waals surface area contributed by atoms with Crippen molar-refractivity contribution in [3.8, 4) is 0 Å². The molecule has 7 heteroatoms. The van der Waals surface area contributed by atoms with Gasteiger partial charge in [0, 0.05) is 18.9 Å². The number of benzene rings is 2. The minimum Gasteiger partial charge on any atom is -0.461 e. The lowest BCUT2D eigenvalue weighted by Crippen LogP contribution is -2.46. The van der Waals surface area contributed by atoms with Crippen LogP contribution < -0.4 is 0 Å². The molecule has 3 rings (SSSR count). The van der Waals surface area contributed by atoms with Crippen molar-refractivity contribution in [1.82, 2.24) is 4.31 Å². The van der Waals surface area contributed by atoms with E-state index in [2.05, 4.69) is 0 Å². The highest BCUT2D eigenvalue weighted by Gasteiger charge is 2.41. The second-order valence-electron chi connectivity index (χ2n) is 6.55. The maximum absolute atomic E-state index is 13.4. The van der Waals surface area contributed by atoms with Crippen LogP contribution in [-0.4, -0.2) is 38.1 Å². The molecule has 0 bridgehead atoms. The van der Waals surface area contributed by atoms with Gasteiger partial charge in [-0.1, -0.05) is 48.5 Å². The number of ether oxygens (including phenoxy) is 2. The summed E-state index contributed by atoms with van der Waals surface area (Å²) in [5.74, 6) is -0.855. The van der Waals surface area contributed by atoms with Crippen molar-refractivity contribution < 1.29 is 22.7 Å². The molecule has 0 spiro atoms. The lowest BCUT2D eigenvalue weighted by atomic mass is 9.91. The second-order valence-corrected chi connectivity index (χ2v) is 8.36. The predicted molar refractivity (Wildman–Crippen MR) is 109 cm³/mol. The van der Waals surface area contributed by atoms with Gasteiger partial charge >= 0.3 is 5.97 Å². The minimum absolute atomic E-state index is 0.0192. The summed E-state index contributed by atoms with van der Waals surface area (Å²) in [6.07, 6.45) is 1.25. The largest absolute Gasteiger partial charge is 0.461 e. The van der Waals surface area contributed by atoms with Gasteiger partial charge in [-0.3, -0.25) is 0 Å². The SMILES string of the molecule is CCOC(=O)C1=CC(c2ccccc2)CC(OCC)N1S(=O)(=O)c1ccccc1. The Morgan fingerprint density at radius 2 is 1.62 bits per heavy atom. The lowest BCUT2D eigenvalue weighted by molar-refractivity contribution is -0.141. The molecule has 6 nitrogen and oxygen atoms in total. The highest BCUT2D eigenvalue weighted by molar-refractivity contribution is 7.89. The molecule has 0 N–H and O–H groups in total. The van der Waals surface area contributed by atoms with Crippen molar-refractivity contribution in [1.29, 1.82) is 0 Å². The van der Waals surface area contributed by atoms with Crippen LogP contribution >= 0.6 is 0 Å². The number of carbonyl (C=O) groups excluding carboxylic acids is 1. The Bertz CT molecular complexity index is 957. The van der Waals surface area contributed by atoms with Gasteiger partial charge in [0.1, 0.15) is 11.9 Å². The molecular weight excluding hydrogens is 390 g/mol. The Morgan fingerprint density at radius 3 is 2.21 bits per heavy atom. The van der Waals surface area contributed by atoms with E-state index in [1.165, 1.54) is 12.1 Å². The van der Waals surface area contributed by atoms with E-state index >= 15 is 0 Å². The van der Waals surface area contributed by atoms with Gasteiger partial charge in [-0.15, -0.1) is 0 Å². The van der Waals surface area contributed by atoms with Gasteiger partial charge in [0.2, 0.25) is 0 Å². The van der Waals surface area contributed by atoms with E-state index in [1.54, 1.807) is 38.1 Å². The van der Waals surface area contributed by atoms with Crippen LogP contribution in [0.5, 0.6) is 0 Å². The lowest BCUT2D eigenvalue weighted by Gasteiger charge is -2.38. The average Bonchev–Trinajstić information content (AvgIpc) is 2.74. The second kappa shape index (κ2) is 9.24. The average molecular weight is 416 g/mol. The topological polar surface area (TPSA) is 72.9 Å². The monoisotopic (exact) mass is 415 g/mol. The molecule has 154 valence electrons. The fourth-order valence-electron chi connectivity index (χ4n) is 3.41. The fourth-order valence-corrected chi connectivity index (χ4v) is 4.99. The third-order valence-corrected chi connectivity index (χ3v) is 6.50. The summed E-state index contributed by atoms with van der Waals surface area (Å²) in [4.78, 5) is 12.9. The van der Waals surface area contributed by atoms with Gasteiger partial charge in [-0.05, 0) is 37.6 Å². The smallest absolute Gasteiger partial charge is 0.355 e. The van der Waals surface area contributed by atoms with Gasteiger partial charge in [-0.2, -0.15) is 0 Å². The zero-order valence-corrected chi connectivity index (χ0v) is 17.3. The molecular formula is C22H25NO5S. The van der Waals surface area contributed by atoms with Gasteiger partial charge < -0.3 is 9.47 Å². The van der Waals surface area contributed by atoms with Crippen molar-refractivity contribution in [2.24, 2.45) is 0 Å². The molecule has 0 amide bonds. The molecule has 2 aromatic rings. The van der Waals surface area contributed by atoms with E-state index in [-0.39, 0.29) is 23.1 Å². The first kappa shape index (κ1) is 21.1. The van der Waals surface area contributed by atoms with Gasteiger partial charge in [0.15, 0.2) is 0 Å². The number of carbonyl (C=O) groups is 1. The number of sulfonamides is 1. The van der Waals surface area contributed by atoms with E-state index in [4.69, 9.17) is 9.47 Å². The molecule has 2 unspecified atom stereocenters. The van der Waals surface area contributed by atoms with E-state index in [0.29, 0.717) is 13.0 Å². The normalized spacial score (nSPS) is 19.5. The third kappa shape index (κ3) is 4.52. The van der Waals surface area contributed by atoms with Crippen molar-refractivity contribution >= 4 is 16.0 Å².